The quantitative estimate of drug-likeness (QED) is 0.258. The number of amides is 1. The Bertz CT molecular complexity index is 1190. The molecule has 6 nitrogen and oxygen atoms in total. The summed E-state index contributed by atoms with van der Waals surface area (Å²) in [6, 6.07) is 29.6. The van der Waals surface area contributed by atoms with Crippen molar-refractivity contribution in [2.45, 2.75) is 44.9 Å². The lowest BCUT2D eigenvalue weighted by Crippen LogP contribution is -2.68. The fourth-order valence-electron chi connectivity index (χ4n) is 5.18. The van der Waals surface area contributed by atoms with Crippen LogP contribution in [0, 0.1) is 5.92 Å². The van der Waals surface area contributed by atoms with Crippen LogP contribution < -0.4 is 10.4 Å². The number of likely N-dealkylation sites (tertiary alicyclic amines) is 1. The highest BCUT2D eigenvalue weighted by Gasteiger charge is 2.53. The molecule has 3 aromatic rings. The molecule has 1 heterocycles. The van der Waals surface area contributed by atoms with Gasteiger partial charge >= 0.3 is 6.09 Å². The lowest BCUT2D eigenvalue weighted by Gasteiger charge is -2.45. The molecule has 2 unspecified atom stereocenters. The fourth-order valence-corrected chi connectivity index (χ4v) is 9.86. The van der Waals surface area contributed by atoms with E-state index in [0.717, 1.165) is 15.9 Å². The van der Waals surface area contributed by atoms with Crippen molar-refractivity contribution in [3.8, 4) is 0 Å². The molecule has 1 saturated heterocycles. The van der Waals surface area contributed by atoms with Crippen molar-refractivity contribution in [3.63, 3.8) is 0 Å². The van der Waals surface area contributed by atoms with Crippen LogP contribution in [-0.4, -0.2) is 50.6 Å². The molecule has 4 rings (SSSR count). The third-order valence-electron chi connectivity index (χ3n) is 7.12. The predicted molar refractivity (Wildman–Crippen MR) is 150 cm³/mol. The summed E-state index contributed by atoms with van der Waals surface area (Å²) >= 11 is 0. The summed E-state index contributed by atoms with van der Waals surface area (Å²) in [6.45, 7) is 6.79. The van der Waals surface area contributed by atoms with Crippen molar-refractivity contribution in [2.24, 2.45) is 5.92 Å². The van der Waals surface area contributed by atoms with E-state index < -0.39 is 26.4 Å². The van der Waals surface area contributed by atoms with E-state index in [1.807, 2.05) is 66.7 Å². The highest BCUT2D eigenvalue weighted by atomic mass is 28.4. The molecule has 0 aromatic heterocycles. The second-order valence-electron chi connectivity index (χ2n) is 10.7. The Labute approximate surface area is 225 Å². The highest BCUT2D eigenvalue weighted by Crippen LogP contribution is 2.38. The van der Waals surface area contributed by atoms with Crippen LogP contribution in [-0.2, 0) is 25.4 Å². The van der Waals surface area contributed by atoms with Gasteiger partial charge in [0.1, 0.15) is 19.0 Å². The number of hydrogen-bond donors (Lipinski definition) is 0. The largest absolute Gasteiger partial charge is 0.445 e. The van der Waals surface area contributed by atoms with E-state index in [0.29, 0.717) is 6.29 Å². The van der Waals surface area contributed by atoms with Gasteiger partial charge in [0.2, 0.25) is 0 Å². The molecule has 1 aliphatic rings. The van der Waals surface area contributed by atoms with Crippen molar-refractivity contribution in [2.75, 3.05) is 13.1 Å². The Balaban J connectivity index is 1.64. The molecular weight excluding hydrogens is 494 g/mol. The summed E-state index contributed by atoms with van der Waals surface area (Å²) in [5.41, 5.74) is 0.867. The van der Waals surface area contributed by atoms with Crippen LogP contribution in [0.1, 0.15) is 32.8 Å². The number of carbonyl (C=O) groups is 3. The number of ether oxygens (including phenoxy) is 1. The van der Waals surface area contributed by atoms with Crippen molar-refractivity contribution >= 4 is 36.9 Å². The maximum absolute atomic E-state index is 13.7. The van der Waals surface area contributed by atoms with Gasteiger partial charge in [0.15, 0.2) is 5.78 Å². The average molecular weight is 530 g/mol. The molecule has 0 bridgehead atoms. The Morgan fingerprint density at radius 1 is 0.921 bits per heavy atom. The molecule has 0 saturated carbocycles. The van der Waals surface area contributed by atoms with Crippen LogP contribution in [0.15, 0.2) is 91.0 Å². The molecule has 7 heteroatoms. The zero-order valence-electron chi connectivity index (χ0n) is 22.2. The third kappa shape index (κ3) is 5.79. The van der Waals surface area contributed by atoms with Gasteiger partial charge < -0.3 is 18.9 Å². The van der Waals surface area contributed by atoms with Crippen molar-refractivity contribution in [1.82, 2.24) is 4.90 Å². The topological polar surface area (TPSA) is 72.9 Å². The van der Waals surface area contributed by atoms with Gasteiger partial charge in [-0.05, 0) is 27.4 Å². The third-order valence-corrected chi connectivity index (χ3v) is 12.2. The first kappa shape index (κ1) is 27.5. The molecule has 1 amide bonds. The number of benzene rings is 3. The summed E-state index contributed by atoms with van der Waals surface area (Å²) in [7, 11) is -3.02. The standard InChI is InChI=1S/C31H35NO5Si/c1-31(2,3)38(26-15-9-5-10-16-26,27-17-11-6-12-18-27)37-28-19-20-32(21-25(22-33)29(28)34)30(35)36-23-24-13-7-4-8-14-24/h4-18,22,25,28H,19-21,23H2,1-3H3. The number of nitrogens with zero attached hydrogens (tertiary/aromatic N) is 1. The van der Waals surface area contributed by atoms with Crippen molar-refractivity contribution in [3.05, 3.63) is 96.6 Å². The molecule has 1 aliphatic heterocycles. The minimum absolute atomic E-state index is 0.0173. The van der Waals surface area contributed by atoms with Gasteiger partial charge in [0.25, 0.3) is 8.32 Å². The smallest absolute Gasteiger partial charge is 0.410 e. The Hall–Kier alpha value is -3.55. The minimum Gasteiger partial charge on any atom is -0.445 e. The van der Waals surface area contributed by atoms with Crippen LogP contribution in [0.25, 0.3) is 0 Å². The summed E-state index contributed by atoms with van der Waals surface area (Å²) in [5.74, 6) is -1.27. The maximum atomic E-state index is 13.7. The average Bonchev–Trinajstić information content (AvgIpc) is 3.09. The summed E-state index contributed by atoms with van der Waals surface area (Å²) in [5, 5.41) is 1.78. The van der Waals surface area contributed by atoms with Crippen LogP contribution in [0.5, 0.6) is 0 Å². The van der Waals surface area contributed by atoms with E-state index in [1.54, 1.807) is 0 Å². The second-order valence-corrected chi connectivity index (χ2v) is 14.9. The lowest BCUT2D eigenvalue weighted by molar-refractivity contribution is -0.132. The van der Waals surface area contributed by atoms with Gasteiger partial charge in [0, 0.05) is 13.1 Å². The second kappa shape index (κ2) is 11.9. The first-order valence-electron chi connectivity index (χ1n) is 13.0. The van der Waals surface area contributed by atoms with Crippen LogP contribution in [0.4, 0.5) is 4.79 Å². The Morgan fingerprint density at radius 2 is 1.45 bits per heavy atom. The van der Waals surface area contributed by atoms with E-state index >= 15 is 0 Å². The fraction of sp³-hybridized carbons (Fsp3) is 0.323. The number of carbonyl (C=O) groups excluding carboxylic acids is 3. The van der Waals surface area contributed by atoms with Gasteiger partial charge in [0.05, 0.1) is 5.92 Å². The molecule has 0 aliphatic carbocycles. The lowest BCUT2D eigenvalue weighted by atomic mass is 10.0. The van der Waals surface area contributed by atoms with Crippen LogP contribution >= 0.6 is 0 Å². The molecule has 198 valence electrons. The first-order valence-corrected chi connectivity index (χ1v) is 14.9. The number of hydrogen-bond acceptors (Lipinski definition) is 5. The van der Waals surface area contributed by atoms with Crippen molar-refractivity contribution in [1.29, 1.82) is 0 Å². The van der Waals surface area contributed by atoms with E-state index in [2.05, 4.69) is 45.0 Å². The normalized spacial score (nSPS) is 18.5. The molecular formula is C31H35NO5Si. The molecule has 38 heavy (non-hydrogen) atoms. The summed E-state index contributed by atoms with van der Waals surface area (Å²) in [4.78, 5) is 40.1. The molecule has 0 N–H and O–H groups in total. The van der Waals surface area contributed by atoms with E-state index in [4.69, 9.17) is 9.16 Å². The van der Waals surface area contributed by atoms with Gasteiger partial charge in [-0.2, -0.15) is 0 Å². The van der Waals surface area contributed by atoms with Gasteiger partial charge in [-0.1, -0.05) is 112 Å². The summed E-state index contributed by atoms with van der Waals surface area (Å²) in [6.07, 6.45) is -0.455. The molecule has 0 radical (unpaired) electrons. The maximum Gasteiger partial charge on any atom is 0.410 e. The number of aldehydes is 1. The SMILES string of the molecule is CC(C)(C)[Si](OC1CCN(C(=O)OCc2ccccc2)CC(C=O)C1=O)(c1ccccc1)c1ccccc1. The van der Waals surface area contributed by atoms with Crippen molar-refractivity contribution < 1.29 is 23.5 Å². The number of rotatable bonds is 7. The Morgan fingerprint density at radius 3 is 1.95 bits per heavy atom. The van der Waals surface area contributed by atoms with Crippen LogP contribution in [0.2, 0.25) is 5.04 Å². The van der Waals surface area contributed by atoms with Crippen LogP contribution in [0.3, 0.4) is 0 Å². The van der Waals surface area contributed by atoms with Gasteiger partial charge in [-0.15, -0.1) is 0 Å². The van der Waals surface area contributed by atoms with Gasteiger partial charge in [-0.3, -0.25) is 4.79 Å². The Kier molecular flexibility index (Phi) is 8.59. The predicted octanol–water partition coefficient (Wildman–Crippen LogP) is 4.36. The molecule has 0 spiro atoms. The monoisotopic (exact) mass is 529 g/mol. The molecule has 3 aromatic carbocycles. The number of Topliss-reactive ketones (excluding diaryl/α,β-unsaturated/α-hetero) is 1. The summed E-state index contributed by atoms with van der Waals surface area (Å²) < 4.78 is 12.6. The molecule has 1 fully saturated rings. The number of ketones is 1. The van der Waals surface area contributed by atoms with E-state index in [-0.39, 0.29) is 36.9 Å². The molecule has 2 atom stereocenters. The zero-order valence-corrected chi connectivity index (χ0v) is 23.2. The minimum atomic E-state index is -3.02. The zero-order chi connectivity index (χ0) is 27.2. The van der Waals surface area contributed by atoms with E-state index in [9.17, 15) is 14.4 Å². The first-order chi connectivity index (χ1) is 18.3. The van der Waals surface area contributed by atoms with Gasteiger partial charge in [-0.25, -0.2) is 4.79 Å². The van der Waals surface area contributed by atoms with E-state index in [1.165, 1.54) is 4.90 Å². The highest BCUT2D eigenvalue weighted by molar-refractivity contribution is 6.99.